The van der Waals surface area contributed by atoms with Gasteiger partial charge in [-0.1, -0.05) is 20.8 Å². The molecule has 2 aromatic carbocycles. The van der Waals surface area contributed by atoms with Crippen LogP contribution in [0.2, 0.25) is 18.1 Å². The maximum atomic E-state index is 15.4. The van der Waals surface area contributed by atoms with E-state index in [1.165, 1.54) is 24.8 Å². The van der Waals surface area contributed by atoms with E-state index < -0.39 is 49.2 Å². The molecule has 3 aliphatic rings. The number of hydrogen-bond donors (Lipinski definition) is 1. The van der Waals surface area contributed by atoms with Gasteiger partial charge in [0.05, 0.1) is 35.2 Å². The fraction of sp³-hybridized carbons (Fsp3) is 0.658. The predicted octanol–water partition coefficient (Wildman–Crippen LogP) is 8.34. The van der Waals surface area contributed by atoms with E-state index in [1.807, 2.05) is 6.92 Å². The van der Waals surface area contributed by atoms with Crippen LogP contribution >= 0.6 is 0 Å². The van der Waals surface area contributed by atoms with E-state index in [2.05, 4.69) is 49.0 Å². The van der Waals surface area contributed by atoms with Crippen molar-refractivity contribution in [3.63, 3.8) is 0 Å². The smallest absolute Gasteiger partial charge is 0.415 e. The van der Waals surface area contributed by atoms with E-state index in [4.69, 9.17) is 4.43 Å². The minimum absolute atomic E-state index is 0.00151. The second-order valence-electron chi connectivity index (χ2n) is 16.9. The largest absolute Gasteiger partial charge is 0.416 e. The molecule has 0 saturated carbocycles. The number of alkyl halides is 6. The number of rotatable bonds is 8. The zero-order valence-electron chi connectivity index (χ0n) is 31.7. The monoisotopic (exact) mass is 758 g/mol. The second-order valence-corrected chi connectivity index (χ2v) is 21.7. The molecule has 5 rings (SSSR count). The van der Waals surface area contributed by atoms with E-state index in [0.717, 1.165) is 37.2 Å². The maximum absolute atomic E-state index is 15.4. The molecule has 3 aliphatic heterocycles. The number of carbonyl (C=O) groups excluding carboxylic acids is 1. The molecule has 3 heterocycles. The summed E-state index contributed by atoms with van der Waals surface area (Å²) in [7, 11) is -0.595. The number of fused-ring (bicyclic) bond motifs is 1. The van der Waals surface area contributed by atoms with Gasteiger partial charge in [0.25, 0.3) is 0 Å². The molecule has 0 bridgehead atoms. The van der Waals surface area contributed by atoms with Gasteiger partial charge >= 0.3 is 12.4 Å². The molecule has 1 amide bonds. The van der Waals surface area contributed by atoms with Crippen molar-refractivity contribution in [2.75, 3.05) is 51.3 Å². The van der Waals surface area contributed by atoms with Crippen molar-refractivity contribution in [1.82, 2.24) is 15.1 Å². The number of anilines is 1. The fourth-order valence-corrected chi connectivity index (χ4v) is 9.06. The number of nitrogens with one attached hydrogen (secondary N) is 1. The lowest BCUT2D eigenvalue weighted by Gasteiger charge is -2.49. The summed E-state index contributed by atoms with van der Waals surface area (Å²) in [6, 6.07) is 4.04. The van der Waals surface area contributed by atoms with E-state index in [-0.39, 0.29) is 40.5 Å². The lowest BCUT2D eigenvalue weighted by Crippen LogP contribution is -2.60. The fourth-order valence-electron chi connectivity index (χ4n) is 8.04. The van der Waals surface area contributed by atoms with Crippen LogP contribution in [-0.4, -0.2) is 88.5 Å². The number of benzene rings is 2. The van der Waals surface area contributed by atoms with Gasteiger partial charge in [-0.3, -0.25) is 9.69 Å². The quantitative estimate of drug-likeness (QED) is 0.217. The number of nitrogens with zero attached hydrogens (tertiary/aromatic N) is 3. The first-order valence-electron chi connectivity index (χ1n) is 18.1. The normalized spacial score (nSPS) is 23.7. The maximum Gasteiger partial charge on any atom is 0.416 e. The van der Waals surface area contributed by atoms with Gasteiger partial charge in [0.15, 0.2) is 8.32 Å². The van der Waals surface area contributed by atoms with Crippen LogP contribution in [0.25, 0.3) is 0 Å². The van der Waals surface area contributed by atoms with Crippen LogP contribution in [0.1, 0.15) is 81.2 Å². The first kappa shape index (κ1) is 40.5. The first-order chi connectivity index (χ1) is 23.8. The number of hydrogen-bond acceptors (Lipinski definition) is 5. The Kier molecular flexibility index (Phi) is 11.1. The van der Waals surface area contributed by atoms with E-state index in [9.17, 15) is 31.1 Å². The standard InChI is InChI=1S/C38H53F7N4O2Si/c1-23-15-27(39)19-30(49-14-13-48-12-10-11-29(48)32(49)22-51-52(8,9)35(2,3)4)33(23)28-20-46-21-31(28)47(7)34(50)36(5,6)24-16-25(37(40,41)42)18-26(17-24)38(43,44)45/h15-19,28-29,31-32,46H,10-14,20-22H2,1-9H3/t28-,29?,31+,32?/m0/s1. The van der Waals surface area contributed by atoms with Gasteiger partial charge in [0.1, 0.15) is 5.82 Å². The number of piperazine rings is 1. The molecule has 1 N–H and O–H groups in total. The number of halogens is 7. The summed E-state index contributed by atoms with van der Waals surface area (Å²) in [5.41, 5.74) is -2.75. The van der Waals surface area contributed by atoms with Gasteiger partial charge in [0.2, 0.25) is 5.91 Å². The molecule has 3 fully saturated rings. The Balaban J connectivity index is 1.51. The molecule has 290 valence electrons. The highest BCUT2D eigenvalue weighted by Gasteiger charge is 2.47. The summed E-state index contributed by atoms with van der Waals surface area (Å²) >= 11 is 0. The van der Waals surface area contributed by atoms with E-state index in [0.29, 0.717) is 43.9 Å². The van der Waals surface area contributed by atoms with Gasteiger partial charge in [-0.25, -0.2) is 4.39 Å². The Morgan fingerprint density at radius 3 is 2.08 bits per heavy atom. The molecule has 2 aromatic rings. The molecule has 0 aliphatic carbocycles. The molecule has 3 saturated heterocycles. The second kappa shape index (κ2) is 14.2. The minimum Gasteiger partial charge on any atom is -0.415 e. The molecule has 52 heavy (non-hydrogen) atoms. The van der Waals surface area contributed by atoms with E-state index in [1.54, 1.807) is 13.1 Å². The Bertz CT molecular complexity index is 1610. The summed E-state index contributed by atoms with van der Waals surface area (Å²) < 4.78 is 105. The molecule has 6 nitrogen and oxygen atoms in total. The molecule has 0 radical (unpaired) electrons. The summed E-state index contributed by atoms with van der Waals surface area (Å²) in [6.07, 6.45) is -8.03. The van der Waals surface area contributed by atoms with Crippen molar-refractivity contribution in [2.24, 2.45) is 0 Å². The van der Waals surface area contributed by atoms with Gasteiger partial charge in [-0.2, -0.15) is 26.3 Å². The summed E-state index contributed by atoms with van der Waals surface area (Å²) in [4.78, 5) is 20.5. The van der Waals surface area contributed by atoms with Crippen LogP contribution in [-0.2, 0) is 27.0 Å². The summed E-state index contributed by atoms with van der Waals surface area (Å²) in [6.45, 7) is 19.3. The highest BCUT2D eigenvalue weighted by atomic mass is 28.4. The molecule has 0 aromatic heterocycles. The van der Waals surface area contributed by atoms with Crippen LogP contribution in [0.15, 0.2) is 30.3 Å². The molecule has 4 atom stereocenters. The van der Waals surface area contributed by atoms with Crippen molar-refractivity contribution in [2.45, 2.75) is 114 Å². The molecular weight excluding hydrogens is 706 g/mol. The number of likely N-dealkylation sites (N-methyl/N-ethyl adjacent to an activating group) is 1. The minimum atomic E-state index is -5.05. The van der Waals surface area contributed by atoms with Crippen molar-refractivity contribution in [1.29, 1.82) is 0 Å². The summed E-state index contributed by atoms with van der Waals surface area (Å²) in [5, 5.41) is 3.36. The van der Waals surface area contributed by atoms with Crippen molar-refractivity contribution in [3.05, 3.63) is 64.0 Å². The third-order valence-electron chi connectivity index (χ3n) is 12.2. The third-order valence-corrected chi connectivity index (χ3v) is 16.7. The van der Waals surface area contributed by atoms with Crippen LogP contribution in [0, 0.1) is 12.7 Å². The zero-order valence-corrected chi connectivity index (χ0v) is 32.7. The average Bonchev–Trinajstić information content (AvgIpc) is 3.71. The van der Waals surface area contributed by atoms with Gasteiger partial charge in [-0.15, -0.1) is 0 Å². The Hall–Kier alpha value is -2.68. The van der Waals surface area contributed by atoms with Crippen LogP contribution in [0.5, 0.6) is 0 Å². The van der Waals surface area contributed by atoms with Crippen molar-refractivity contribution < 1.29 is 40.0 Å². The number of aryl methyl sites for hydroxylation is 1. The zero-order chi connectivity index (χ0) is 38.8. The average molecular weight is 759 g/mol. The van der Waals surface area contributed by atoms with E-state index >= 15 is 4.39 Å². The Morgan fingerprint density at radius 2 is 1.50 bits per heavy atom. The topological polar surface area (TPSA) is 48.1 Å². The van der Waals surface area contributed by atoms with Crippen LogP contribution < -0.4 is 10.2 Å². The first-order valence-corrected chi connectivity index (χ1v) is 21.0. The van der Waals surface area contributed by atoms with Crippen molar-refractivity contribution in [3.8, 4) is 0 Å². The van der Waals surface area contributed by atoms with Gasteiger partial charge in [0, 0.05) is 50.9 Å². The number of carbonyl (C=O) groups is 1. The Labute approximate surface area is 304 Å². The summed E-state index contributed by atoms with van der Waals surface area (Å²) in [5.74, 6) is -1.34. The molecular formula is C38H53F7N4O2Si. The Morgan fingerprint density at radius 1 is 0.904 bits per heavy atom. The highest BCUT2D eigenvalue weighted by molar-refractivity contribution is 6.74. The molecule has 14 heteroatoms. The highest BCUT2D eigenvalue weighted by Crippen LogP contribution is 2.44. The number of amides is 1. The third kappa shape index (κ3) is 7.91. The molecule has 0 spiro atoms. The van der Waals surface area contributed by atoms with Gasteiger partial charge < -0.3 is 19.5 Å². The predicted molar refractivity (Wildman–Crippen MR) is 192 cm³/mol. The lowest BCUT2D eigenvalue weighted by atomic mass is 9.80. The SMILES string of the molecule is Cc1cc(F)cc(N2CCN3CCCC3C2CO[Si](C)(C)C(C)(C)C)c1[C@H]1CNC[C@H]1N(C)C(=O)C(C)(C)c1cc(C(F)(F)F)cc(C(F)(F)F)c1. The molecule has 2 unspecified atom stereocenters. The lowest BCUT2D eigenvalue weighted by molar-refractivity contribution is -0.144. The van der Waals surface area contributed by atoms with Crippen LogP contribution in [0.3, 0.4) is 0 Å². The van der Waals surface area contributed by atoms with Crippen molar-refractivity contribution >= 4 is 19.9 Å². The van der Waals surface area contributed by atoms with Crippen LogP contribution in [0.4, 0.5) is 36.4 Å². The van der Waals surface area contributed by atoms with Gasteiger partial charge in [-0.05, 0) is 105 Å².